The highest BCUT2D eigenvalue weighted by Crippen LogP contribution is 2.43. The van der Waals surface area contributed by atoms with Crippen molar-refractivity contribution >= 4 is 44.8 Å². The monoisotopic (exact) mass is 371 g/mol. The van der Waals surface area contributed by atoms with Crippen LogP contribution in [0.3, 0.4) is 0 Å². The maximum absolute atomic E-state index is 6.22. The predicted octanol–water partition coefficient (Wildman–Crippen LogP) is 5.69. The zero-order valence-corrected chi connectivity index (χ0v) is 13.8. The second kappa shape index (κ2) is 5.47. The molecular weight excluding hydrogens is 361 g/mol. The van der Waals surface area contributed by atoms with Crippen molar-refractivity contribution in [1.29, 1.82) is 0 Å². The van der Waals surface area contributed by atoms with Crippen LogP contribution in [-0.2, 0) is 0 Å². The number of nitrogens with one attached hydrogen (secondary N) is 1. The molecule has 5 heteroatoms. The summed E-state index contributed by atoms with van der Waals surface area (Å²) in [6.45, 7) is 2.07. The summed E-state index contributed by atoms with van der Waals surface area (Å²) in [4.78, 5) is 0. The van der Waals surface area contributed by atoms with E-state index in [1.54, 1.807) is 6.07 Å². The molecule has 20 heavy (non-hydrogen) atoms. The van der Waals surface area contributed by atoms with Gasteiger partial charge >= 0.3 is 0 Å². The highest BCUT2D eigenvalue weighted by atomic mass is 79.9. The Morgan fingerprint density at radius 2 is 2.00 bits per heavy atom. The van der Waals surface area contributed by atoms with Gasteiger partial charge in [0, 0.05) is 9.50 Å². The molecule has 0 aliphatic carbocycles. The van der Waals surface area contributed by atoms with Crippen LogP contribution in [0.1, 0.15) is 18.6 Å². The van der Waals surface area contributed by atoms with Crippen molar-refractivity contribution in [3.63, 3.8) is 0 Å². The lowest BCUT2D eigenvalue weighted by molar-refractivity contribution is 0.178. The lowest BCUT2D eigenvalue weighted by atomic mass is 10.0. The van der Waals surface area contributed by atoms with Crippen LogP contribution in [0.25, 0.3) is 0 Å². The highest BCUT2D eigenvalue weighted by molar-refractivity contribution is 9.10. The Labute approximate surface area is 136 Å². The van der Waals surface area contributed by atoms with E-state index in [1.807, 2.05) is 24.3 Å². The summed E-state index contributed by atoms with van der Waals surface area (Å²) in [5, 5.41) is 4.52. The summed E-state index contributed by atoms with van der Waals surface area (Å²) in [5.41, 5.74) is 1.93. The molecule has 2 unspecified atom stereocenters. The van der Waals surface area contributed by atoms with Gasteiger partial charge in [-0.25, -0.2) is 0 Å². The number of fused-ring (bicyclic) bond motifs is 1. The van der Waals surface area contributed by atoms with Crippen molar-refractivity contribution in [2.24, 2.45) is 0 Å². The fourth-order valence-electron chi connectivity index (χ4n) is 2.38. The van der Waals surface area contributed by atoms with Crippen molar-refractivity contribution in [2.45, 2.75) is 19.1 Å². The van der Waals surface area contributed by atoms with Crippen molar-refractivity contribution in [1.82, 2.24) is 0 Å². The van der Waals surface area contributed by atoms with Gasteiger partial charge in [0.15, 0.2) is 5.75 Å². The Bertz CT molecular complexity index is 662. The Kier molecular flexibility index (Phi) is 3.85. The van der Waals surface area contributed by atoms with Crippen molar-refractivity contribution in [3.8, 4) is 5.75 Å². The van der Waals surface area contributed by atoms with Gasteiger partial charge in [0.1, 0.15) is 6.10 Å². The van der Waals surface area contributed by atoms with Crippen LogP contribution in [0, 0.1) is 0 Å². The van der Waals surface area contributed by atoms with Crippen LogP contribution in [0.4, 0.5) is 5.69 Å². The van der Waals surface area contributed by atoms with Gasteiger partial charge in [-0.1, -0.05) is 51.3 Å². The molecule has 0 saturated carbocycles. The average Bonchev–Trinajstić information content (AvgIpc) is 2.37. The Hall–Kier alpha value is -0.900. The van der Waals surface area contributed by atoms with E-state index in [0.717, 1.165) is 15.7 Å². The fourth-order valence-corrected chi connectivity index (χ4v) is 3.33. The van der Waals surface area contributed by atoms with Crippen molar-refractivity contribution in [3.05, 3.63) is 56.5 Å². The number of anilines is 1. The van der Waals surface area contributed by atoms with E-state index in [9.17, 15) is 0 Å². The molecule has 0 spiro atoms. The Morgan fingerprint density at radius 3 is 2.75 bits per heavy atom. The lowest BCUT2D eigenvalue weighted by Gasteiger charge is -2.34. The van der Waals surface area contributed by atoms with E-state index in [-0.39, 0.29) is 12.1 Å². The Balaban J connectivity index is 2.00. The van der Waals surface area contributed by atoms with E-state index in [2.05, 4.69) is 34.2 Å². The van der Waals surface area contributed by atoms with Crippen LogP contribution in [0.5, 0.6) is 5.75 Å². The summed E-state index contributed by atoms with van der Waals surface area (Å²) in [7, 11) is 0. The molecule has 0 bridgehead atoms. The lowest BCUT2D eigenvalue weighted by Crippen LogP contribution is -2.32. The molecule has 0 fully saturated rings. The van der Waals surface area contributed by atoms with Crippen LogP contribution < -0.4 is 10.1 Å². The topological polar surface area (TPSA) is 21.3 Å². The van der Waals surface area contributed by atoms with E-state index in [1.165, 1.54) is 0 Å². The summed E-state index contributed by atoms with van der Waals surface area (Å²) in [6.07, 6.45) is -0.0984. The van der Waals surface area contributed by atoms with Crippen molar-refractivity contribution < 1.29 is 4.74 Å². The second-order valence-corrected chi connectivity index (χ2v) is 6.55. The molecule has 1 aliphatic heterocycles. The molecule has 0 amide bonds. The third-order valence-corrected chi connectivity index (χ3v) is 4.26. The molecule has 0 aromatic heterocycles. The zero-order chi connectivity index (χ0) is 14.3. The number of hydrogen-bond donors (Lipinski definition) is 1. The first-order valence-corrected chi connectivity index (χ1v) is 7.77. The summed E-state index contributed by atoms with van der Waals surface area (Å²) < 4.78 is 7.12. The maximum Gasteiger partial charge on any atom is 0.162 e. The second-order valence-electron chi connectivity index (χ2n) is 4.79. The largest absolute Gasteiger partial charge is 0.480 e. The standard InChI is InChI=1S/C15H12BrCl2NO/c1-8-14(9-3-2-4-10(16)5-9)20-15-12(18)6-11(17)7-13(15)19-8/h2-8,14,19H,1H3. The Morgan fingerprint density at radius 1 is 1.20 bits per heavy atom. The van der Waals surface area contributed by atoms with Crippen LogP contribution >= 0.6 is 39.1 Å². The minimum Gasteiger partial charge on any atom is -0.480 e. The van der Waals surface area contributed by atoms with Gasteiger partial charge in [-0.3, -0.25) is 0 Å². The normalized spacial score (nSPS) is 20.8. The van der Waals surface area contributed by atoms with Crippen LogP contribution in [0.15, 0.2) is 40.9 Å². The molecule has 0 saturated heterocycles. The zero-order valence-electron chi connectivity index (χ0n) is 10.7. The van der Waals surface area contributed by atoms with Crippen molar-refractivity contribution in [2.75, 3.05) is 5.32 Å². The van der Waals surface area contributed by atoms with Gasteiger partial charge < -0.3 is 10.1 Å². The summed E-state index contributed by atoms with van der Waals surface area (Å²) in [6, 6.07) is 11.7. The number of rotatable bonds is 1. The first-order chi connectivity index (χ1) is 9.54. The maximum atomic E-state index is 6.22. The minimum absolute atomic E-state index is 0.0984. The molecule has 104 valence electrons. The summed E-state index contributed by atoms with van der Waals surface area (Å²) in [5.74, 6) is 0.652. The minimum atomic E-state index is -0.0984. The molecular formula is C15H12BrCl2NO. The third-order valence-electron chi connectivity index (χ3n) is 3.27. The average molecular weight is 373 g/mol. The first-order valence-electron chi connectivity index (χ1n) is 6.22. The molecule has 1 heterocycles. The van der Waals surface area contributed by atoms with Gasteiger partial charge in [-0.15, -0.1) is 0 Å². The fraction of sp³-hybridized carbons (Fsp3) is 0.200. The number of halogens is 3. The van der Waals surface area contributed by atoms with E-state index in [0.29, 0.717) is 15.8 Å². The predicted molar refractivity (Wildman–Crippen MR) is 87.1 cm³/mol. The van der Waals surface area contributed by atoms with E-state index >= 15 is 0 Å². The molecule has 0 radical (unpaired) electrons. The summed E-state index contributed by atoms with van der Waals surface area (Å²) >= 11 is 15.7. The van der Waals surface area contributed by atoms with E-state index < -0.39 is 0 Å². The van der Waals surface area contributed by atoms with Gasteiger partial charge in [0.25, 0.3) is 0 Å². The molecule has 1 N–H and O–H groups in total. The molecule has 1 aliphatic rings. The third kappa shape index (κ3) is 2.62. The number of ether oxygens (including phenoxy) is 1. The quantitative estimate of drug-likeness (QED) is 0.694. The first kappa shape index (κ1) is 14.1. The SMILES string of the molecule is CC1Nc2cc(Cl)cc(Cl)c2OC1c1cccc(Br)c1. The molecule has 2 aromatic carbocycles. The van der Waals surface area contributed by atoms with Crippen LogP contribution in [-0.4, -0.2) is 6.04 Å². The molecule has 2 nitrogen and oxygen atoms in total. The van der Waals surface area contributed by atoms with Gasteiger partial charge in [0.05, 0.1) is 16.8 Å². The molecule has 2 atom stereocenters. The highest BCUT2D eigenvalue weighted by Gasteiger charge is 2.29. The number of benzene rings is 2. The number of hydrogen-bond acceptors (Lipinski definition) is 2. The van der Waals surface area contributed by atoms with Gasteiger partial charge in [-0.05, 0) is 36.8 Å². The molecule has 2 aromatic rings. The van der Waals surface area contributed by atoms with Crippen LogP contribution in [0.2, 0.25) is 10.0 Å². The van der Waals surface area contributed by atoms with E-state index in [4.69, 9.17) is 27.9 Å². The molecule has 3 rings (SSSR count). The van der Waals surface area contributed by atoms with Gasteiger partial charge in [-0.2, -0.15) is 0 Å². The van der Waals surface area contributed by atoms with Gasteiger partial charge in [0.2, 0.25) is 0 Å². The smallest absolute Gasteiger partial charge is 0.162 e.